The van der Waals surface area contributed by atoms with Crippen LogP contribution < -0.4 is 0 Å². The van der Waals surface area contributed by atoms with Crippen molar-refractivity contribution in [1.29, 1.82) is 5.26 Å². The summed E-state index contributed by atoms with van der Waals surface area (Å²) in [6, 6.07) is 5.77. The molecule has 1 saturated carbocycles. The van der Waals surface area contributed by atoms with Gasteiger partial charge in [0.05, 0.1) is 18.8 Å². The molecule has 0 N–H and O–H groups in total. The molecule has 0 bridgehead atoms. The van der Waals surface area contributed by atoms with Gasteiger partial charge in [-0.05, 0) is 37.6 Å². The first-order chi connectivity index (χ1) is 14.2. The van der Waals surface area contributed by atoms with Crippen molar-refractivity contribution >= 4 is 5.97 Å². The van der Waals surface area contributed by atoms with Crippen molar-refractivity contribution in [3.63, 3.8) is 0 Å². The van der Waals surface area contributed by atoms with Gasteiger partial charge in [-0.3, -0.25) is 9.78 Å². The maximum Gasteiger partial charge on any atom is 0.324 e. The van der Waals surface area contributed by atoms with Gasteiger partial charge in [0, 0.05) is 34.9 Å². The van der Waals surface area contributed by atoms with Gasteiger partial charge in [-0.1, -0.05) is 18.9 Å². The monoisotopic (exact) mass is 322 g/mol. The number of carbonyl (C=O) groups is 1. The van der Waals surface area contributed by atoms with Crippen LogP contribution in [-0.4, -0.2) is 30.3 Å². The van der Waals surface area contributed by atoms with E-state index in [0.29, 0.717) is 0 Å². The Bertz CT molecular complexity index is 902. The lowest BCUT2D eigenvalue weighted by Crippen LogP contribution is -2.52. The number of methoxy groups -OCH3 is 1. The summed E-state index contributed by atoms with van der Waals surface area (Å²) >= 11 is 0. The van der Waals surface area contributed by atoms with Gasteiger partial charge in [0.25, 0.3) is 0 Å². The third kappa shape index (κ3) is 2.72. The third-order valence-electron chi connectivity index (χ3n) is 3.95. The van der Waals surface area contributed by atoms with Crippen LogP contribution in [0.4, 0.5) is 0 Å². The van der Waals surface area contributed by atoms with E-state index in [1.165, 1.54) is 24.4 Å². The molecule has 0 aromatic carbocycles. The summed E-state index contributed by atoms with van der Waals surface area (Å²) in [6.07, 6.45) is -10.7. The Morgan fingerprint density at radius 1 is 1.48 bits per heavy atom. The summed E-state index contributed by atoms with van der Waals surface area (Å²) in [5.41, 5.74) is -5.89. The number of hydrogen-bond donors (Lipinski definition) is 0. The van der Waals surface area contributed by atoms with E-state index >= 15 is 0 Å². The second-order valence-electron chi connectivity index (χ2n) is 5.23. The topological polar surface area (TPSA) is 72.2 Å². The summed E-state index contributed by atoms with van der Waals surface area (Å²) in [7, 11) is 0.965. The molecule has 1 aliphatic carbocycles. The van der Waals surface area contributed by atoms with Crippen LogP contribution in [0, 0.1) is 17.2 Å². The Morgan fingerprint density at radius 3 is 2.87 bits per heavy atom. The van der Waals surface area contributed by atoms with E-state index in [4.69, 9.17) is 20.4 Å². The number of nitrogens with zero attached hydrogens (tertiary/aromatic N) is 2. The predicted octanol–water partition coefficient (Wildman–Crippen LogP) is 2.76. The molecule has 3 rings (SSSR count). The summed E-state index contributed by atoms with van der Waals surface area (Å²) in [5.74, 6) is -3.34. The normalized spacial score (nSPS) is 41.2. The molecule has 2 atom stereocenters. The molecule has 2 unspecified atom stereocenters. The van der Waals surface area contributed by atoms with E-state index in [0.717, 1.165) is 7.11 Å². The first kappa shape index (κ1) is 8.79. The number of aromatic nitrogens is 1. The molecule has 2 fully saturated rings. The minimum Gasteiger partial charge on any atom is -0.468 e. The summed E-state index contributed by atoms with van der Waals surface area (Å²) < 4.78 is 79.7. The Morgan fingerprint density at radius 2 is 2.26 bits per heavy atom. The number of ether oxygens (including phenoxy) is 2. The third-order valence-corrected chi connectivity index (χ3v) is 3.95. The highest BCUT2D eigenvalue weighted by molar-refractivity contribution is 5.77. The van der Waals surface area contributed by atoms with Crippen LogP contribution in [0.5, 0.6) is 0 Å². The molecular weight excluding hydrogens is 292 g/mol. The average Bonchev–Trinajstić information content (AvgIpc) is 2.88. The van der Waals surface area contributed by atoms with Gasteiger partial charge >= 0.3 is 5.97 Å². The van der Waals surface area contributed by atoms with Crippen molar-refractivity contribution < 1.29 is 25.2 Å². The lowest BCUT2D eigenvalue weighted by Gasteiger charge is -2.47. The van der Waals surface area contributed by atoms with E-state index in [1.807, 2.05) is 0 Å². The van der Waals surface area contributed by atoms with E-state index < -0.39 is 67.8 Å². The zero-order valence-corrected chi connectivity index (χ0v) is 12.6. The molecule has 122 valence electrons. The zero-order valence-electron chi connectivity index (χ0n) is 20.6. The van der Waals surface area contributed by atoms with Crippen molar-refractivity contribution in [2.75, 3.05) is 13.7 Å². The number of carbonyl (C=O) groups excluding carboxylic acids is 1. The molecule has 1 spiro atoms. The van der Waals surface area contributed by atoms with Crippen LogP contribution in [0.25, 0.3) is 0 Å². The fraction of sp³-hybridized carbons (Fsp3) is 0.611. The standard InChI is InChI=1S/C18H22N2O3/c1-22-16(21)14(12-19)18(15-6-2-5-10-20-15)9-11-23-17(13-18)7-3-4-8-17/h2,5-6,10,14H,3-4,7-9,11,13H2,1H3/i7D2,8D2,9D2,13D2. The highest BCUT2D eigenvalue weighted by Crippen LogP contribution is 2.51. The van der Waals surface area contributed by atoms with Gasteiger partial charge in [-0.25, -0.2) is 0 Å². The van der Waals surface area contributed by atoms with Crippen LogP contribution in [-0.2, 0) is 19.7 Å². The van der Waals surface area contributed by atoms with Crippen LogP contribution >= 0.6 is 0 Å². The molecule has 2 heterocycles. The van der Waals surface area contributed by atoms with Crippen LogP contribution in [0.15, 0.2) is 24.4 Å². The number of rotatable bonds is 3. The second-order valence-corrected chi connectivity index (χ2v) is 5.23. The molecule has 1 aliphatic heterocycles. The Labute approximate surface area is 147 Å². The molecule has 1 aromatic rings. The molecule has 5 heteroatoms. The summed E-state index contributed by atoms with van der Waals surface area (Å²) in [4.78, 5) is 16.8. The quantitative estimate of drug-likeness (QED) is 0.800. The van der Waals surface area contributed by atoms with Crippen molar-refractivity contribution in [1.82, 2.24) is 4.98 Å². The van der Waals surface area contributed by atoms with Crippen molar-refractivity contribution in [2.45, 2.75) is 49.3 Å². The van der Waals surface area contributed by atoms with Gasteiger partial charge in [0.15, 0.2) is 5.92 Å². The summed E-state index contributed by atoms with van der Waals surface area (Å²) in [5, 5.41) is 9.92. The average molecular weight is 322 g/mol. The minimum absolute atomic E-state index is 0.330. The molecule has 5 nitrogen and oxygen atoms in total. The van der Waals surface area contributed by atoms with Crippen molar-refractivity contribution in [3.8, 4) is 6.07 Å². The van der Waals surface area contributed by atoms with Crippen molar-refractivity contribution in [3.05, 3.63) is 30.1 Å². The van der Waals surface area contributed by atoms with Gasteiger partial charge < -0.3 is 9.47 Å². The fourth-order valence-electron chi connectivity index (χ4n) is 2.86. The summed E-state index contributed by atoms with van der Waals surface area (Å²) in [6.45, 7) is -0.961. The first-order valence-corrected chi connectivity index (χ1v) is 7.23. The van der Waals surface area contributed by atoms with E-state index in [-0.39, 0.29) is 5.69 Å². The van der Waals surface area contributed by atoms with Crippen LogP contribution in [0.3, 0.4) is 0 Å². The smallest absolute Gasteiger partial charge is 0.324 e. The Balaban J connectivity index is 2.51. The number of pyridine rings is 1. The Kier molecular flexibility index (Phi) is 2.40. The lowest BCUT2D eigenvalue weighted by molar-refractivity contribution is -0.153. The van der Waals surface area contributed by atoms with Crippen molar-refractivity contribution in [2.24, 2.45) is 5.92 Å². The van der Waals surface area contributed by atoms with Gasteiger partial charge in [0.2, 0.25) is 0 Å². The fourth-order valence-corrected chi connectivity index (χ4v) is 2.86. The molecule has 23 heavy (non-hydrogen) atoms. The molecule has 1 aromatic heterocycles. The largest absolute Gasteiger partial charge is 0.468 e. The lowest BCUT2D eigenvalue weighted by atomic mass is 9.63. The maximum absolute atomic E-state index is 12.7. The SMILES string of the molecule is [2H]C1([2H])COC2(C([2H])([2H])CCC2([2H])[2H])C([2H])([2H])C1(c1ccccn1)C(C#N)C(=O)OC. The van der Waals surface area contributed by atoms with Gasteiger partial charge in [-0.15, -0.1) is 0 Å². The molecule has 1 saturated heterocycles. The highest BCUT2D eigenvalue weighted by atomic mass is 16.5. The molecule has 0 amide bonds. The molecule has 0 radical (unpaired) electrons. The second kappa shape index (κ2) is 6.29. The minimum atomic E-state index is -3.26. The van der Waals surface area contributed by atoms with E-state index in [1.54, 1.807) is 6.07 Å². The van der Waals surface area contributed by atoms with Gasteiger partial charge in [0.1, 0.15) is 0 Å². The predicted molar refractivity (Wildman–Crippen MR) is 83.4 cm³/mol. The van der Waals surface area contributed by atoms with Crippen LogP contribution in [0.1, 0.15) is 55.0 Å². The Hall–Kier alpha value is -1.93. The number of nitriles is 1. The van der Waals surface area contributed by atoms with Gasteiger partial charge in [-0.2, -0.15) is 5.26 Å². The molecule has 2 aliphatic rings. The first-order valence-electron chi connectivity index (χ1n) is 11.2. The zero-order chi connectivity index (χ0) is 23.5. The van der Waals surface area contributed by atoms with E-state index in [2.05, 4.69) is 4.98 Å². The maximum atomic E-state index is 12.7. The molecular formula is C18H22N2O3. The number of hydrogen-bond acceptors (Lipinski definition) is 5. The van der Waals surface area contributed by atoms with Crippen LogP contribution in [0.2, 0.25) is 0 Å². The number of esters is 1. The van der Waals surface area contributed by atoms with E-state index in [9.17, 15) is 10.1 Å². The highest BCUT2D eigenvalue weighted by Gasteiger charge is 2.55.